The molecule has 2 rings (SSSR count). The minimum atomic E-state index is -0.288. The zero-order chi connectivity index (χ0) is 13.0. The van der Waals surface area contributed by atoms with Crippen LogP contribution in [0.2, 0.25) is 5.02 Å². The summed E-state index contributed by atoms with van der Waals surface area (Å²) in [7, 11) is 0. The zero-order valence-corrected chi connectivity index (χ0v) is 10.7. The van der Waals surface area contributed by atoms with Crippen molar-refractivity contribution >= 4 is 11.6 Å². The monoisotopic (exact) mass is 269 g/mol. The predicted molar refractivity (Wildman–Crippen MR) is 65.9 cm³/mol. The summed E-state index contributed by atoms with van der Waals surface area (Å²) in [4.78, 5) is 4.08. The maximum absolute atomic E-state index is 13.0. The molecule has 0 radical (unpaired) electrons. The number of aryl methyl sites for hydroxylation is 1. The average Bonchev–Trinajstić information content (AvgIpc) is 2.75. The molecule has 0 bridgehead atoms. The Bertz CT molecular complexity index is 530. The molecule has 1 aromatic carbocycles. The Balaban J connectivity index is 1.80. The first-order valence-electron chi connectivity index (χ1n) is 5.59. The van der Waals surface area contributed by atoms with Gasteiger partial charge in [-0.3, -0.25) is 0 Å². The number of nitrogens with zero attached hydrogens (tertiary/aromatic N) is 2. The molecule has 4 nitrogen and oxygen atoms in total. The van der Waals surface area contributed by atoms with Crippen molar-refractivity contribution in [2.24, 2.45) is 0 Å². The van der Waals surface area contributed by atoms with Gasteiger partial charge in [-0.15, -0.1) is 0 Å². The lowest BCUT2D eigenvalue weighted by atomic mass is 10.2. The van der Waals surface area contributed by atoms with Crippen LogP contribution in [0.15, 0.2) is 22.7 Å². The average molecular weight is 270 g/mol. The van der Waals surface area contributed by atoms with E-state index in [1.165, 1.54) is 12.1 Å². The summed E-state index contributed by atoms with van der Waals surface area (Å²) >= 11 is 5.95. The van der Waals surface area contributed by atoms with Gasteiger partial charge in [-0.05, 0) is 30.7 Å². The molecule has 0 aliphatic heterocycles. The van der Waals surface area contributed by atoms with Crippen LogP contribution >= 0.6 is 11.6 Å². The van der Waals surface area contributed by atoms with E-state index in [1.807, 2.05) is 0 Å². The Kier molecular flexibility index (Phi) is 4.28. The summed E-state index contributed by atoms with van der Waals surface area (Å²) in [6, 6.07) is 4.31. The third kappa shape index (κ3) is 3.51. The molecule has 18 heavy (non-hydrogen) atoms. The van der Waals surface area contributed by atoms with Crippen LogP contribution in [0.4, 0.5) is 4.39 Å². The maximum Gasteiger partial charge on any atom is 0.227 e. The molecule has 6 heteroatoms. The number of rotatable bonds is 5. The fraction of sp³-hybridized carbons (Fsp3) is 0.333. The van der Waals surface area contributed by atoms with Gasteiger partial charge in [-0.25, -0.2) is 4.39 Å². The normalized spacial score (nSPS) is 10.8. The van der Waals surface area contributed by atoms with Crippen LogP contribution < -0.4 is 5.32 Å². The molecule has 0 aliphatic carbocycles. The van der Waals surface area contributed by atoms with Crippen molar-refractivity contribution in [3.8, 4) is 0 Å². The van der Waals surface area contributed by atoms with E-state index in [4.69, 9.17) is 16.1 Å². The Labute approximate surface area is 109 Å². The lowest BCUT2D eigenvalue weighted by molar-refractivity contribution is 0.372. The molecule has 1 N–H and O–H groups in total. The van der Waals surface area contributed by atoms with Crippen molar-refractivity contribution < 1.29 is 8.91 Å². The van der Waals surface area contributed by atoms with Crippen LogP contribution in [0, 0.1) is 12.7 Å². The van der Waals surface area contributed by atoms with Crippen molar-refractivity contribution in [1.29, 1.82) is 0 Å². The van der Waals surface area contributed by atoms with Crippen LogP contribution in [0.3, 0.4) is 0 Å². The SMILES string of the molecule is Cc1noc(CCNCc2cc(F)ccc2Cl)n1. The fourth-order valence-electron chi connectivity index (χ4n) is 1.54. The minimum Gasteiger partial charge on any atom is -0.339 e. The van der Waals surface area contributed by atoms with Gasteiger partial charge >= 0.3 is 0 Å². The second-order valence-electron chi connectivity index (χ2n) is 3.90. The van der Waals surface area contributed by atoms with Crippen LogP contribution in [0.5, 0.6) is 0 Å². The number of hydrogen-bond donors (Lipinski definition) is 1. The zero-order valence-electron chi connectivity index (χ0n) is 9.91. The van der Waals surface area contributed by atoms with Gasteiger partial charge in [-0.2, -0.15) is 4.98 Å². The number of halogens is 2. The molecule has 0 saturated carbocycles. The molecule has 0 spiro atoms. The van der Waals surface area contributed by atoms with Crippen molar-refractivity contribution in [3.05, 3.63) is 46.3 Å². The first kappa shape index (κ1) is 13.0. The highest BCUT2D eigenvalue weighted by atomic mass is 35.5. The molecule has 0 saturated heterocycles. The quantitative estimate of drug-likeness (QED) is 0.848. The van der Waals surface area contributed by atoms with Crippen molar-refractivity contribution in [1.82, 2.24) is 15.5 Å². The molecule has 0 fully saturated rings. The van der Waals surface area contributed by atoms with E-state index in [1.54, 1.807) is 13.0 Å². The predicted octanol–water partition coefficient (Wildman–Crippen LogP) is 2.50. The lowest BCUT2D eigenvalue weighted by Gasteiger charge is -2.05. The molecule has 2 aromatic rings. The van der Waals surface area contributed by atoms with E-state index in [2.05, 4.69) is 15.5 Å². The number of benzene rings is 1. The van der Waals surface area contributed by atoms with E-state index < -0.39 is 0 Å². The van der Waals surface area contributed by atoms with Gasteiger partial charge < -0.3 is 9.84 Å². The van der Waals surface area contributed by atoms with Crippen molar-refractivity contribution in [3.63, 3.8) is 0 Å². The highest BCUT2D eigenvalue weighted by molar-refractivity contribution is 6.31. The van der Waals surface area contributed by atoms with E-state index >= 15 is 0 Å². The first-order valence-corrected chi connectivity index (χ1v) is 5.97. The molecule has 1 heterocycles. The number of nitrogens with one attached hydrogen (secondary N) is 1. The summed E-state index contributed by atoms with van der Waals surface area (Å²) in [6.45, 7) is 2.94. The highest BCUT2D eigenvalue weighted by Gasteiger charge is 2.04. The van der Waals surface area contributed by atoms with Gasteiger partial charge in [0.05, 0.1) is 0 Å². The van der Waals surface area contributed by atoms with E-state index in [-0.39, 0.29) is 5.82 Å². The fourth-order valence-corrected chi connectivity index (χ4v) is 1.72. The highest BCUT2D eigenvalue weighted by Crippen LogP contribution is 2.16. The summed E-state index contributed by atoms with van der Waals surface area (Å²) in [6.07, 6.45) is 0.633. The topological polar surface area (TPSA) is 51.0 Å². The van der Waals surface area contributed by atoms with Gasteiger partial charge in [0.15, 0.2) is 5.82 Å². The Morgan fingerprint density at radius 1 is 1.44 bits per heavy atom. The van der Waals surface area contributed by atoms with Gasteiger partial charge in [0.2, 0.25) is 5.89 Å². The van der Waals surface area contributed by atoms with Crippen LogP contribution in [-0.2, 0) is 13.0 Å². The summed E-state index contributed by atoms with van der Waals surface area (Å²) < 4.78 is 18.0. The second-order valence-corrected chi connectivity index (χ2v) is 4.31. The van der Waals surface area contributed by atoms with E-state index in [0.29, 0.717) is 36.2 Å². The van der Waals surface area contributed by atoms with Crippen LogP contribution in [0.25, 0.3) is 0 Å². The smallest absolute Gasteiger partial charge is 0.227 e. The number of hydrogen-bond acceptors (Lipinski definition) is 4. The maximum atomic E-state index is 13.0. The van der Waals surface area contributed by atoms with Gasteiger partial charge in [0, 0.05) is 24.5 Å². The van der Waals surface area contributed by atoms with Gasteiger partial charge in [0.25, 0.3) is 0 Å². The summed E-state index contributed by atoms with van der Waals surface area (Å²) in [5.41, 5.74) is 0.735. The summed E-state index contributed by atoms with van der Waals surface area (Å²) in [5, 5.41) is 7.40. The van der Waals surface area contributed by atoms with E-state index in [9.17, 15) is 4.39 Å². The third-order valence-electron chi connectivity index (χ3n) is 2.41. The van der Waals surface area contributed by atoms with Gasteiger partial charge in [0.1, 0.15) is 5.82 Å². The van der Waals surface area contributed by atoms with Crippen LogP contribution in [-0.4, -0.2) is 16.7 Å². The largest absolute Gasteiger partial charge is 0.339 e. The third-order valence-corrected chi connectivity index (χ3v) is 2.78. The summed E-state index contributed by atoms with van der Waals surface area (Å²) in [5.74, 6) is 0.923. The molecule has 1 aromatic heterocycles. The first-order chi connectivity index (χ1) is 8.65. The van der Waals surface area contributed by atoms with Crippen molar-refractivity contribution in [2.75, 3.05) is 6.54 Å². The minimum absolute atomic E-state index is 0.288. The molecule has 96 valence electrons. The van der Waals surface area contributed by atoms with Crippen molar-refractivity contribution in [2.45, 2.75) is 19.9 Å². The second kappa shape index (κ2) is 5.93. The Morgan fingerprint density at radius 3 is 3.00 bits per heavy atom. The Morgan fingerprint density at radius 2 is 2.28 bits per heavy atom. The van der Waals surface area contributed by atoms with Gasteiger partial charge in [-0.1, -0.05) is 16.8 Å². The standard InChI is InChI=1S/C12H13ClFN3O/c1-8-16-12(18-17-8)4-5-15-7-9-6-10(14)2-3-11(9)13/h2-3,6,15H,4-5,7H2,1H3. The van der Waals surface area contributed by atoms with Crippen LogP contribution in [0.1, 0.15) is 17.3 Å². The molecule has 0 aliphatic rings. The lowest BCUT2D eigenvalue weighted by Crippen LogP contribution is -2.17. The molecule has 0 unspecified atom stereocenters. The van der Waals surface area contributed by atoms with E-state index in [0.717, 1.165) is 5.56 Å². The molecular weight excluding hydrogens is 257 g/mol. The molecular formula is C12H13ClFN3O. The molecule has 0 atom stereocenters. The Hall–Kier alpha value is -1.46. The number of aromatic nitrogens is 2. The molecule has 0 amide bonds.